The molecule has 29 heavy (non-hydrogen) atoms. The molecule has 2 aromatic carbocycles. The summed E-state index contributed by atoms with van der Waals surface area (Å²) < 4.78 is 40.5. The fourth-order valence-electron chi connectivity index (χ4n) is 3.92. The van der Waals surface area contributed by atoms with Gasteiger partial charge in [-0.15, -0.1) is 0 Å². The normalized spacial score (nSPS) is 17.1. The van der Waals surface area contributed by atoms with Crippen molar-refractivity contribution in [1.29, 1.82) is 0 Å². The molecule has 5 nitrogen and oxygen atoms in total. The Bertz CT molecular complexity index is 974. The van der Waals surface area contributed by atoms with Gasteiger partial charge in [0.2, 0.25) is 10.0 Å². The Balaban J connectivity index is 1.82. The lowest BCUT2D eigenvalue weighted by Gasteiger charge is -2.25. The Labute approximate surface area is 172 Å². The molecule has 3 rings (SSSR count). The molecule has 1 unspecified atom stereocenters. The van der Waals surface area contributed by atoms with Crippen LogP contribution in [0.3, 0.4) is 0 Å². The molecular formula is C22H27FN2O3S. The number of rotatable bonds is 7. The third kappa shape index (κ3) is 4.67. The van der Waals surface area contributed by atoms with Gasteiger partial charge in [-0.05, 0) is 55.2 Å². The van der Waals surface area contributed by atoms with Gasteiger partial charge in [-0.2, -0.15) is 4.31 Å². The van der Waals surface area contributed by atoms with E-state index in [1.54, 1.807) is 36.9 Å². The van der Waals surface area contributed by atoms with Crippen LogP contribution in [-0.4, -0.2) is 49.2 Å². The molecule has 2 aromatic rings. The average Bonchev–Trinajstić information content (AvgIpc) is 3.16. The van der Waals surface area contributed by atoms with Gasteiger partial charge in [-0.3, -0.25) is 4.79 Å². The van der Waals surface area contributed by atoms with E-state index in [-0.39, 0.29) is 22.7 Å². The van der Waals surface area contributed by atoms with E-state index >= 15 is 0 Å². The first-order valence-electron chi connectivity index (χ1n) is 10.0. The third-order valence-corrected chi connectivity index (χ3v) is 7.47. The summed E-state index contributed by atoms with van der Waals surface area (Å²) in [5, 5.41) is 0. The molecule has 0 N–H and O–H groups in total. The van der Waals surface area contributed by atoms with Crippen LogP contribution in [0.15, 0.2) is 53.4 Å². The van der Waals surface area contributed by atoms with Gasteiger partial charge in [0.05, 0.1) is 4.90 Å². The maximum atomic E-state index is 13.5. The van der Waals surface area contributed by atoms with Gasteiger partial charge in [0.1, 0.15) is 5.82 Å². The number of amides is 1. The van der Waals surface area contributed by atoms with E-state index in [9.17, 15) is 17.6 Å². The highest BCUT2D eigenvalue weighted by molar-refractivity contribution is 7.89. The summed E-state index contributed by atoms with van der Waals surface area (Å²) in [6, 6.07) is 12.7. The number of hydrogen-bond donors (Lipinski definition) is 0. The zero-order valence-corrected chi connectivity index (χ0v) is 17.7. The molecule has 0 radical (unpaired) electrons. The number of benzene rings is 2. The van der Waals surface area contributed by atoms with Crippen molar-refractivity contribution in [2.45, 2.75) is 44.0 Å². The van der Waals surface area contributed by atoms with Crippen molar-refractivity contribution >= 4 is 15.9 Å². The largest absolute Gasteiger partial charge is 0.335 e. The van der Waals surface area contributed by atoms with Crippen LogP contribution in [0.2, 0.25) is 0 Å². The first-order chi connectivity index (χ1) is 13.9. The predicted octanol–water partition coefficient (Wildman–Crippen LogP) is 3.70. The van der Waals surface area contributed by atoms with Crippen LogP contribution < -0.4 is 0 Å². The maximum absolute atomic E-state index is 13.5. The summed E-state index contributed by atoms with van der Waals surface area (Å²) in [5.74, 6) is -0.465. The highest BCUT2D eigenvalue weighted by atomic mass is 32.2. The molecule has 0 bridgehead atoms. The molecule has 1 atom stereocenters. The number of likely N-dealkylation sites (tertiary alicyclic amines) is 1. The lowest BCUT2D eigenvalue weighted by molar-refractivity contribution is 0.0736. The highest BCUT2D eigenvalue weighted by Crippen LogP contribution is 2.25. The van der Waals surface area contributed by atoms with Crippen molar-refractivity contribution in [3.63, 3.8) is 0 Å². The standard InChI is InChI=1S/C22H27FN2O3S/c1-3-24(4-2)29(27,28)21-12-6-9-18(16-21)22(26)25-13-7-11-20(25)15-17-8-5-10-19(23)14-17/h5-6,8-10,12,14,16,20H,3-4,7,11,13,15H2,1-2H3. The van der Waals surface area contributed by atoms with Crippen molar-refractivity contribution in [3.05, 3.63) is 65.5 Å². The van der Waals surface area contributed by atoms with Crippen molar-refractivity contribution in [2.75, 3.05) is 19.6 Å². The molecule has 7 heteroatoms. The summed E-state index contributed by atoms with van der Waals surface area (Å²) >= 11 is 0. The number of sulfonamides is 1. The van der Waals surface area contributed by atoms with E-state index in [2.05, 4.69) is 0 Å². The van der Waals surface area contributed by atoms with Crippen molar-refractivity contribution in [1.82, 2.24) is 9.21 Å². The van der Waals surface area contributed by atoms with Crippen LogP contribution in [0, 0.1) is 5.82 Å². The smallest absolute Gasteiger partial charge is 0.254 e. The number of carbonyl (C=O) groups is 1. The SMILES string of the molecule is CCN(CC)S(=O)(=O)c1cccc(C(=O)N2CCCC2Cc2cccc(F)c2)c1. The van der Waals surface area contributed by atoms with E-state index in [0.29, 0.717) is 31.6 Å². The predicted molar refractivity (Wildman–Crippen MR) is 111 cm³/mol. The molecule has 0 saturated carbocycles. The average molecular weight is 419 g/mol. The first-order valence-corrected chi connectivity index (χ1v) is 11.5. The van der Waals surface area contributed by atoms with Gasteiger partial charge < -0.3 is 4.90 Å². The zero-order valence-electron chi connectivity index (χ0n) is 16.8. The minimum atomic E-state index is -3.63. The number of carbonyl (C=O) groups excluding carboxylic acids is 1. The molecule has 1 aliphatic rings. The highest BCUT2D eigenvalue weighted by Gasteiger charge is 2.30. The molecule has 0 aliphatic carbocycles. The van der Waals surface area contributed by atoms with E-state index < -0.39 is 10.0 Å². The van der Waals surface area contributed by atoms with Crippen molar-refractivity contribution in [2.24, 2.45) is 0 Å². The summed E-state index contributed by atoms with van der Waals surface area (Å²) in [6.07, 6.45) is 2.31. The minimum Gasteiger partial charge on any atom is -0.335 e. The summed E-state index contributed by atoms with van der Waals surface area (Å²) in [5.41, 5.74) is 1.22. The van der Waals surface area contributed by atoms with Gasteiger partial charge in [0, 0.05) is 31.2 Å². The van der Waals surface area contributed by atoms with Crippen LogP contribution in [0.25, 0.3) is 0 Å². The van der Waals surface area contributed by atoms with Crippen LogP contribution in [0.4, 0.5) is 4.39 Å². The maximum Gasteiger partial charge on any atom is 0.254 e. The second-order valence-electron chi connectivity index (χ2n) is 7.25. The molecule has 1 saturated heterocycles. The lowest BCUT2D eigenvalue weighted by atomic mass is 10.0. The van der Waals surface area contributed by atoms with Crippen LogP contribution >= 0.6 is 0 Å². The second-order valence-corrected chi connectivity index (χ2v) is 9.18. The molecule has 1 fully saturated rings. The van der Waals surface area contributed by atoms with E-state index in [4.69, 9.17) is 0 Å². The first kappa shape index (κ1) is 21.5. The third-order valence-electron chi connectivity index (χ3n) is 5.42. The topological polar surface area (TPSA) is 57.7 Å². The Morgan fingerprint density at radius 2 is 1.86 bits per heavy atom. The van der Waals surface area contributed by atoms with Gasteiger partial charge in [-0.25, -0.2) is 12.8 Å². The molecule has 0 aromatic heterocycles. The van der Waals surface area contributed by atoms with Crippen LogP contribution in [0.1, 0.15) is 42.6 Å². The Morgan fingerprint density at radius 1 is 1.14 bits per heavy atom. The molecule has 1 amide bonds. The molecular weight excluding hydrogens is 391 g/mol. The van der Waals surface area contributed by atoms with Crippen molar-refractivity contribution in [3.8, 4) is 0 Å². The van der Waals surface area contributed by atoms with Gasteiger partial charge in [0.15, 0.2) is 0 Å². The quantitative estimate of drug-likeness (QED) is 0.689. The van der Waals surface area contributed by atoms with Gasteiger partial charge in [-0.1, -0.05) is 32.0 Å². The van der Waals surface area contributed by atoms with Gasteiger partial charge in [0.25, 0.3) is 5.91 Å². The Hall–Kier alpha value is -2.25. The number of halogens is 1. The Kier molecular flexibility index (Phi) is 6.70. The fourth-order valence-corrected chi connectivity index (χ4v) is 5.42. The van der Waals surface area contributed by atoms with Crippen molar-refractivity contribution < 1.29 is 17.6 Å². The summed E-state index contributed by atoms with van der Waals surface area (Å²) in [6.45, 7) is 4.94. The van der Waals surface area contributed by atoms with Gasteiger partial charge >= 0.3 is 0 Å². The summed E-state index contributed by atoms with van der Waals surface area (Å²) in [7, 11) is -3.63. The molecule has 156 valence electrons. The van der Waals surface area contributed by atoms with E-state index in [1.807, 2.05) is 6.07 Å². The fraction of sp³-hybridized carbons (Fsp3) is 0.409. The lowest BCUT2D eigenvalue weighted by Crippen LogP contribution is -2.37. The number of nitrogens with zero attached hydrogens (tertiary/aromatic N) is 2. The molecule has 1 aliphatic heterocycles. The monoisotopic (exact) mass is 418 g/mol. The van der Waals surface area contributed by atoms with E-state index in [1.165, 1.54) is 28.6 Å². The summed E-state index contributed by atoms with van der Waals surface area (Å²) in [4.78, 5) is 15.1. The number of hydrogen-bond acceptors (Lipinski definition) is 3. The molecule has 1 heterocycles. The zero-order chi connectivity index (χ0) is 21.0. The second kappa shape index (κ2) is 9.05. The van der Waals surface area contributed by atoms with Crippen LogP contribution in [-0.2, 0) is 16.4 Å². The molecule has 0 spiro atoms. The minimum absolute atomic E-state index is 0.0210. The van der Waals surface area contributed by atoms with Crippen LogP contribution in [0.5, 0.6) is 0 Å². The Morgan fingerprint density at radius 3 is 2.55 bits per heavy atom. The van der Waals surface area contributed by atoms with E-state index in [0.717, 1.165) is 18.4 Å².